The number of aliphatic hydroxyl groups excluding tert-OH is 1. The standard InChI is InChI=1S/C19H21NO3S/c1-2-3-14-17-18(15-10-6-4-7-11-15)20(19(17)21)24(22,23)16-12-8-5-9-13-16/h4-13,18,21H,2-3,14H2,1H3. The first kappa shape index (κ1) is 16.6. The molecule has 2 aromatic carbocycles. The molecule has 0 aromatic heterocycles. The molecule has 126 valence electrons. The van der Waals surface area contributed by atoms with Gasteiger partial charge in [-0.2, -0.15) is 0 Å². The Kier molecular flexibility index (Phi) is 4.62. The molecule has 0 spiro atoms. The number of nitrogens with zero attached hydrogens (tertiary/aromatic N) is 1. The topological polar surface area (TPSA) is 57.6 Å². The van der Waals surface area contributed by atoms with Crippen LogP contribution in [0, 0.1) is 0 Å². The Morgan fingerprint density at radius 2 is 1.58 bits per heavy atom. The molecule has 1 atom stereocenters. The molecular weight excluding hydrogens is 322 g/mol. The van der Waals surface area contributed by atoms with Gasteiger partial charge in [0.15, 0.2) is 0 Å². The lowest BCUT2D eigenvalue weighted by Gasteiger charge is -2.42. The molecule has 3 rings (SSSR count). The Balaban J connectivity index is 2.04. The molecule has 4 nitrogen and oxygen atoms in total. The average Bonchev–Trinajstić information content (AvgIpc) is 2.61. The van der Waals surface area contributed by atoms with Crippen LogP contribution in [0.2, 0.25) is 0 Å². The third-order valence-electron chi connectivity index (χ3n) is 4.28. The van der Waals surface area contributed by atoms with E-state index in [4.69, 9.17) is 0 Å². The summed E-state index contributed by atoms with van der Waals surface area (Å²) in [5, 5.41) is 10.4. The van der Waals surface area contributed by atoms with Crippen LogP contribution in [0.15, 0.2) is 77.0 Å². The van der Waals surface area contributed by atoms with Crippen molar-refractivity contribution in [3.05, 3.63) is 77.7 Å². The predicted octanol–water partition coefficient (Wildman–Crippen LogP) is 4.39. The lowest BCUT2D eigenvalue weighted by Crippen LogP contribution is -2.44. The van der Waals surface area contributed by atoms with E-state index in [0.717, 1.165) is 28.3 Å². The quantitative estimate of drug-likeness (QED) is 0.846. The number of unbranched alkanes of at least 4 members (excludes halogenated alkanes) is 1. The van der Waals surface area contributed by atoms with Gasteiger partial charge in [-0.1, -0.05) is 61.9 Å². The van der Waals surface area contributed by atoms with E-state index in [-0.39, 0.29) is 10.8 Å². The summed E-state index contributed by atoms with van der Waals surface area (Å²) in [5.74, 6) is -0.124. The van der Waals surface area contributed by atoms with E-state index in [2.05, 4.69) is 6.92 Å². The number of hydrogen-bond acceptors (Lipinski definition) is 3. The van der Waals surface area contributed by atoms with Gasteiger partial charge in [0.05, 0.1) is 10.9 Å². The van der Waals surface area contributed by atoms with Crippen molar-refractivity contribution in [3.8, 4) is 0 Å². The van der Waals surface area contributed by atoms with Crippen molar-refractivity contribution < 1.29 is 13.5 Å². The van der Waals surface area contributed by atoms with E-state index in [1.165, 1.54) is 0 Å². The maximum atomic E-state index is 13.0. The highest BCUT2D eigenvalue weighted by atomic mass is 32.2. The SMILES string of the molecule is CCCCC1=C(O)N(S(=O)(=O)c2ccccc2)C1c1ccccc1. The molecule has 1 aliphatic rings. The Labute approximate surface area is 143 Å². The van der Waals surface area contributed by atoms with Gasteiger partial charge in [0.1, 0.15) is 0 Å². The van der Waals surface area contributed by atoms with E-state index >= 15 is 0 Å². The fourth-order valence-corrected chi connectivity index (χ4v) is 4.61. The zero-order valence-corrected chi connectivity index (χ0v) is 14.4. The maximum absolute atomic E-state index is 13.0. The summed E-state index contributed by atoms with van der Waals surface area (Å²) in [7, 11) is -3.78. The van der Waals surface area contributed by atoms with Gasteiger partial charge in [0, 0.05) is 5.57 Å². The smallest absolute Gasteiger partial charge is 0.267 e. The van der Waals surface area contributed by atoms with Crippen LogP contribution in [0.1, 0.15) is 37.8 Å². The average molecular weight is 343 g/mol. The van der Waals surface area contributed by atoms with E-state index in [0.29, 0.717) is 6.42 Å². The Morgan fingerprint density at radius 1 is 1.00 bits per heavy atom. The van der Waals surface area contributed by atoms with Crippen molar-refractivity contribution in [2.24, 2.45) is 0 Å². The fourth-order valence-electron chi connectivity index (χ4n) is 3.01. The molecule has 0 bridgehead atoms. The minimum absolute atomic E-state index is 0.124. The van der Waals surface area contributed by atoms with Crippen LogP contribution in [-0.2, 0) is 10.0 Å². The Hall–Kier alpha value is -2.27. The summed E-state index contributed by atoms with van der Waals surface area (Å²) in [6, 6.07) is 17.3. The van der Waals surface area contributed by atoms with Crippen LogP contribution in [0.25, 0.3) is 0 Å². The molecule has 5 heteroatoms. The van der Waals surface area contributed by atoms with Crippen molar-refractivity contribution in [1.29, 1.82) is 0 Å². The highest BCUT2D eigenvalue weighted by Crippen LogP contribution is 2.47. The summed E-state index contributed by atoms with van der Waals surface area (Å²) in [6.07, 6.45) is 2.61. The second-order valence-electron chi connectivity index (χ2n) is 5.88. The number of sulfonamides is 1. The van der Waals surface area contributed by atoms with E-state index in [1.807, 2.05) is 30.3 Å². The molecule has 1 N–H and O–H groups in total. The van der Waals surface area contributed by atoms with Gasteiger partial charge in [-0.05, 0) is 30.5 Å². The molecule has 0 saturated carbocycles. The maximum Gasteiger partial charge on any atom is 0.267 e. The fraction of sp³-hybridized carbons (Fsp3) is 0.263. The second kappa shape index (κ2) is 6.69. The number of aliphatic hydroxyl groups is 1. The normalized spacial score (nSPS) is 17.7. The summed E-state index contributed by atoms with van der Waals surface area (Å²) in [6.45, 7) is 2.08. The van der Waals surface area contributed by atoms with Crippen molar-refractivity contribution in [3.63, 3.8) is 0 Å². The van der Waals surface area contributed by atoms with Crippen LogP contribution in [0.3, 0.4) is 0 Å². The van der Waals surface area contributed by atoms with Crippen LogP contribution < -0.4 is 0 Å². The monoisotopic (exact) mass is 343 g/mol. The van der Waals surface area contributed by atoms with Crippen LogP contribution >= 0.6 is 0 Å². The molecule has 24 heavy (non-hydrogen) atoms. The highest BCUT2D eigenvalue weighted by molar-refractivity contribution is 7.89. The van der Waals surface area contributed by atoms with E-state index in [1.54, 1.807) is 30.3 Å². The van der Waals surface area contributed by atoms with E-state index in [9.17, 15) is 13.5 Å². The summed E-state index contributed by atoms with van der Waals surface area (Å²) >= 11 is 0. The first-order valence-electron chi connectivity index (χ1n) is 8.13. The van der Waals surface area contributed by atoms with E-state index < -0.39 is 16.1 Å². The minimum Gasteiger partial charge on any atom is -0.494 e. The number of rotatable bonds is 6. The lowest BCUT2D eigenvalue weighted by atomic mass is 9.90. The van der Waals surface area contributed by atoms with Crippen LogP contribution in [-0.4, -0.2) is 17.8 Å². The second-order valence-corrected chi connectivity index (χ2v) is 7.69. The molecule has 0 fully saturated rings. The minimum atomic E-state index is -3.78. The van der Waals surface area contributed by atoms with Crippen molar-refractivity contribution in [2.75, 3.05) is 0 Å². The molecule has 0 amide bonds. The van der Waals surface area contributed by atoms with Gasteiger partial charge in [0.25, 0.3) is 10.0 Å². The third kappa shape index (κ3) is 2.80. The zero-order valence-electron chi connectivity index (χ0n) is 13.6. The molecule has 2 aromatic rings. The molecule has 0 aliphatic carbocycles. The zero-order chi connectivity index (χ0) is 17.2. The first-order valence-corrected chi connectivity index (χ1v) is 9.57. The predicted molar refractivity (Wildman–Crippen MR) is 93.8 cm³/mol. The molecule has 0 saturated heterocycles. The van der Waals surface area contributed by atoms with Crippen molar-refractivity contribution in [2.45, 2.75) is 37.1 Å². The van der Waals surface area contributed by atoms with Gasteiger partial charge < -0.3 is 5.11 Å². The Morgan fingerprint density at radius 3 is 2.17 bits per heavy atom. The van der Waals surface area contributed by atoms with Gasteiger partial charge >= 0.3 is 0 Å². The van der Waals surface area contributed by atoms with Gasteiger partial charge in [0.2, 0.25) is 5.88 Å². The highest BCUT2D eigenvalue weighted by Gasteiger charge is 2.46. The largest absolute Gasteiger partial charge is 0.494 e. The van der Waals surface area contributed by atoms with Gasteiger partial charge in [-0.15, -0.1) is 0 Å². The van der Waals surface area contributed by atoms with Crippen molar-refractivity contribution >= 4 is 10.0 Å². The van der Waals surface area contributed by atoms with Crippen LogP contribution in [0.4, 0.5) is 0 Å². The number of benzene rings is 2. The molecule has 1 aliphatic heterocycles. The molecule has 1 heterocycles. The van der Waals surface area contributed by atoms with Crippen LogP contribution in [0.5, 0.6) is 0 Å². The third-order valence-corrected chi connectivity index (χ3v) is 6.05. The summed E-state index contributed by atoms with van der Waals surface area (Å²) < 4.78 is 27.1. The summed E-state index contributed by atoms with van der Waals surface area (Å²) in [5.41, 5.74) is 1.67. The number of hydrogen-bond donors (Lipinski definition) is 1. The Bertz CT molecular complexity index is 829. The lowest BCUT2D eigenvalue weighted by molar-refractivity contribution is 0.187. The van der Waals surface area contributed by atoms with Gasteiger partial charge in [-0.3, -0.25) is 0 Å². The summed E-state index contributed by atoms with van der Waals surface area (Å²) in [4.78, 5) is 0.187. The van der Waals surface area contributed by atoms with Crippen molar-refractivity contribution in [1.82, 2.24) is 4.31 Å². The molecular formula is C19H21NO3S. The first-order chi connectivity index (χ1) is 11.6. The van der Waals surface area contributed by atoms with Gasteiger partial charge in [-0.25, -0.2) is 12.7 Å². The molecule has 0 radical (unpaired) electrons. The molecule has 1 unspecified atom stereocenters.